The van der Waals surface area contributed by atoms with Gasteiger partial charge in [-0.2, -0.15) is 0 Å². The molecule has 1 N–H and O–H groups in total. The first-order chi connectivity index (χ1) is 12.2. The van der Waals surface area contributed by atoms with Crippen molar-refractivity contribution < 1.29 is 14.7 Å². The van der Waals surface area contributed by atoms with E-state index in [1.165, 1.54) is 6.07 Å². The van der Waals surface area contributed by atoms with E-state index in [-0.39, 0.29) is 29.0 Å². The van der Waals surface area contributed by atoms with Crippen LogP contribution in [-0.4, -0.2) is 22.8 Å². The summed E-state index contributed by atoms with van der Waals surface area (Å²) in [5.74, 6) is -1.63. The van der Waals surface area contributed by atoms with E-state index in [1.807, 2.05) is 26.8 Å². The molecule has 136 valence electrons. The second-order valence-electron chi connectivity index (χ2n) is 7.52. The van der Waals surface area contributed by atoms with Gasteiger partial charge in [-0.05, 0) is 43.0 Å². The number of carbonyl (C=O) groups excluding carboxylic acids is 2. The maximum absolute atomic E-state index is 13.4. The second-order valence-corrected chi connectivity index (χ2v) is 7.92. The lowest BCUT2D eigenvalue weighted by Crippen LogP contribution is -2.56. The van der Waals surface area contributed by atoms with E-state index in [2.05, 4.69) is 0 Å². The summed E-state index contributed by atoms with van der Waals surface area (Å²) in [5.41, 5.74) is 0.248. The van der Waals surface area contributed by atoms with Crippen molar-refractivity contribution in [1.82, 2.24) is 0 Å². The van der Waals surface area contributed by atoms with E-state index in [4.69, 9.17) is 11.6 Å². The van der Waals surface area contributed by atoms with Crippen molar-refractivity contribution in [3.63, 3.8) is 0 Å². The summed E-state index contributed by atoms with van der Waals surface area (Å²) in [6.45, 7) is 5.81. The monoisotopic (exact) mass is 371 g/mol. The zero-order valence-electron chi connectivity index (χ0n) is 15.1. The summed E-state index contributed by atoms with van der Waals surface area (Å²) < 4.78 is 0. The highest BCUT2D eigenvalue weighted by atomic mass is 35.5. The van der Waals surface area contributed by atoms with Gasteiger partial charge in [-0.15, -0.1) is 0 Å². The molecule has 2 unspecified atom stereocenters. The number of amides is 1. The van der Waals surface area contributed by atoms with Gasteiger partial charge >= 0.3 is 0 Å². The zero-order valence-corrected chi connectivity index (χ0v) is 15.8. The number of Topliss-reactive ketones (excluding diaryl/α,β-unsaturated/α-hetero) is 1. The van der Waals surface area contributed by atoms with Gasteiger partial charge in [0.1, 0.15) is 11.7 Å². The van der Waals surface area contributed by atoms with Crippen molar-refractivity contribution in [3.8, 4) is 5.75 Å². The third kappa shape index (κ3) is 3.10. The standard InChI is InChI=1S/C21H22ClNO3/c1-13-12-21(2,3)18(19(25)14-8-4-7-11-17(14)24)20(26)23(13)16-10-6-5-9-15(16)22/h4-11,13,18,24H,12H2,1-3H3. The number of carbonyl (C=O) groups is 2. The maximum Gasteiger partial charge on any atom is 0.238 e. The summed E-state index contributed by atoms with van der Waals surface area (Å²) in [7, 11) is 0. The third-order valence-electron chi connectivity index (χ3n) is 5.07. The van der Waals surface area contributed by atoms with Crippen LogP contribution in [0.4, 0.5) is 5.69 Å². The minimum absolute atomic E-state index is 0.0918. The van der Waals surface area contributed by atoms with E-state index >= 15 is 0 Å². The number of phenols is 1. The molecule has 1 heterocycles. The highest BCUT2D eigenvalue weighted by Gasteiger charge is 2.50. The fourth-order valence-corrected chi connectivity index (χ4v) is 4.20. The molecule has 0 saturated carbocycles. The zero-order chi connectivity index (χ0) is 19.1. The Balaban J connectivity index is 2.06. The minimum Gasteiger partial charge on any atom is -0.507 e. The molecule has 0 aliphatic carbocycles. The number of halogens is 1. The molecule has 1 fully saturated rings. The van der Waals surface area contributed by atoms with Crippen molar-refractivity contribution in [1.29, 1.82) is 0 Å². The molecule has 1 aliphatic rings. The molecule has 2 atom stereocenters. The average molecular weight is 372 g/mol. The lowest BCUT2D eigenvalue weighted by atomic mass is 9.67. The first-order valence-corrected chi connectivity index (χ1v) is 9.01. The van der Waals surface area contributed by atoms with E-state index in [1.54, 1.807) is 41.3 Å². The van der Waals surface area contributed by atoms with E-state index in [0.29, 0.717) is 17.1 Å². The Bertz CT molecular complexity index is 862. The minimum atomic E-state index is -0.886. The summed E-state index contributed by atoms with van der Waals surface area (Å²) in [4.78, 5) is 28.2. The first-order valence-electron chi connectivity index (χ1n) is 8.64. The molecule has 0 spiro atoms. The Morgan fingerprint density at radius 1 is 1.15 bits per heavy atom. The number of piperidine rings is 1. The predicted octanol–water partition coefficient (Wildman–Crippen LogP) is 4.70. The van der Waals surface area contributed by atoms with Gasteiger partial charge in [0.15, 0.2) is 5.78 Å². The fourth-order valence-electron chi connectivity index (χ4n) is 3.97. The van der Waals surface area contributed by atoms with Crippen LogP contribution in [0.15, 0.2) is 48.5 Å². The van der Waals surface area contributed by atoms with Crippen molar-refractivity contribution in [2.24, 2.45) is 11.3 Å². The number of hydrogen-bond acceptors (Lipinski definition) is 3. The molecule has 5 heteroatoms. The Morgan fingerprint density at radius 3 is 2.42 bits per heavy atom. The molecule has 0 aromatic heterocycles. The quantitative estimate of drug-likeness (QED) is 0.628. The molecule has 4 nitrogen and oxygen atoms in total. The summed E-state index contributed by atoms with van der Waals surface area (Å²) in [6, 6.07) is 13.4. The smallest absolute Gasteiger partial charge is 0.238 e. The number of ketones is 1. The molecular formula is C21H22ClNO3. The van der Waals surface area contributed by atoms with Crippen molar-refractivity contribution >= 4 is 29.0 Å². The summed E-state index contributed by atoms with van der Waals surface area (Å²) in [5, 5.41) is 10.6. The number of hydrogen-bond donors (Lipinski definition) is 1. The van der Waals surface area contributed by atoms with Gasteiger partial charge in [0, 0.05) is 6.04 Å². The first kappa shape index (κ1) is 18.5. The van der Waals surface area contributed by atoms with E-state index in [0.717, 1.165) is 0 Å². The highest BCUT2D eigenvalue weighted by molar-refractivity contribution is 6.34. The van der Waals surface area contributed by atoms with Crippen LogP contribution in [0.5, 0.6) is 5.75 Å². The Kier molecular flexibility index (Phi) is 4.80. The van der Waals surface area contributed by atoms with Crippen LogP contribution in [0.1, 0.15) is 37.6 Å². The lowest BCUT2D eigenvalue weighted by Gasteiger charge is -2.46. The number of para-hydroxylation sites is 2. The molecule has 0 radical (unpaired) electrons. The Hall–Kier alpha value is -2.33. The summed E-state index contributed by atoms with van der Waals surface area (Å²) >= 11 is 6.31. The van der Waals surface area contributed by atoms with Crippen molar-refractivity contribution in [3.05, 3.63) is 59.1 Å². The summed E-state index contributed by atoms with van der Waals surface area (Å²) in [6.07, 6.45) is 0.647. The molecule has 1 saturated heterocycles. The van der Waals surface area contributed by atoms with E-state index in [9.17, 15) is 14.7 Å². The molecule has 3 rings (SSSR count). The molecule has 2 aromatic rings. The van der Waals surface area contributed by atoms with Crippen LogP contribution in [0.25, 0.3) is 0 Å². The van der Waals surface area contributed by atoms with Crippen LogP contribution >= 0.6 is 11.6 Å². The fraction of sp³-hybridized carbons (Fsp3) is 0.333. The topological polar surface area (TPSA) is 57.6 Å². The van der Waals surface area contributed by atoms with Crippen LogP contribution in [0.2, 0.25) is 5.02 Å². The number of aromatic hydroxyl groups is 1. The molecule has 0 bridgehead atoms. The maximum atomic E-state index is 13.4. The second kappa shape index (κ2) is 6.76. The molecule has 1 amide bonds. The molecule has 2 aromatic carbocycles. The van der Waals surface area contributed by atoms with Gasteiger partial charge in [0.25, 0.3) is 0 Å². The number of rotatable bonds is 3. The Labute approximate surface area is 158 Å². The number of benzene rings is 2. The number of anilines is 1. The molecule has 1 aliphatic heterocycles. The van der Waals surface area contributed by atoms with Gasteiger partial charge < -0.3 is 10.0 Å². The average Bonchev–Trinajstić information content (AvgIpc) is 2.55. The van der Waals surface area contributed by atoms with Gasteiger partial charge in [0.2, 0.25) is 5.91 Å². The SMILES string of the molecule is CC1CC(C)(C)C(C(=O)c2ccccc2O)C(=O)N1c1ccccc1Cl. The largest absolute Gasteiger partial charge is 0.507 e. The van der Waals surface area contributed by atoms with Gasteiger partial charge in [-0.1, -0.05) is 49.7 Å². The third-order valence-corrected chi connectivity index (χ3v) is 5.39. The van der Waals surface area contributed by atoms with Crippen LogP contribution in [0, 0.1) is 11.3 Å². The van der Waals surface area contributed by atoms with Gasteiger partial charge in [-0.25, -0.2) is 0 Å². The molecular weight excluding hydrogens is 350 g/mol. The highest BCUT2D eigenvalue weighted by Crippen LogP contribution is 2.44. The van der Waals surface area contributed by atoms with Crippen LogP contribution in [-0.2, 0) is 4.79 Å². The van der Waals surface area contributed by atoms with Crippen LogP contribution < -0.4 is 4.90 Å². The number of nitrogens with zero attached hydrogens (tertiary/aromatic N) is 1. The van der Waals surface area contributed by atoms with Crippen LogP contribution in [0.3, 0.4) is 0 Å². The number of phenolic OH excluding ortho intramolecular Hbond substituents is 1. The predicted molar refractivity (Wildman–Crippen MR) is 103 cm³/mol. The van der Waals surface area contributed by atoms with E-state index < -0.39 is 11.3 Å². The normalized spacial score (nSPS) is 22.3. The van der Waals surface area contributed by atoms with Gasteiger partial charge in [-0.3, -0.25) is 9.59 Å². The van der Waals surface area contributed by atoms with Crippen molar-refractivity contribution in [2.75, 3.05) is 4.90 Å². The van der Waals surface area contributed by atoms with Gasteiger partial charge in [0.05, 0.1) is 16.3 Å². The lowest BCUT2D eigenvalue weighted by molar-refractivity contribution is -0.127. The Morgan fingerprint density at radius 2 is 1.77 bits per heavy atom. The molecule has 26 heavy (non-hydrogen) atoms. The van der Waals surface area contributed by atoms with Crippen molar-refractivity contribution in [2.45, 2.75) is 33.2 Å².